The lowest BCUT2D eigenvalue weighted by Crippen LogP contribution is -2.40. The average Bonchev–Trinajstić information content (AvgIpc) is 3.11. The topological polar surface area (TPSA) is 48.3 Å². The zero-order valence-corrected chi connectivity index (χ0v) is 24.2. The molecule has 5 nitrogen and oxygen atoms in total. The highest BCUT2D eigenvalue weighted by atomic mass is 35.5. The largest absolute Gasteiger partial charge is 0.433 e. The number of nitrogens with one attached hydrogen (secondary N) is 1. The predicted octanol–water partition coefficient (Wildman–Crippen LogP) is 8.13. The van der Waals surface area contributed by atoms with E-state index in [2.05, 4.69) is 23.6 Å². The van der Waals surface area contributed by atoms with Crippen molar-refractivity contribution < 1.29 is 27.0 Å². The quantitative estimate of drug-likeness (QED) is 0.152. The molecule has 1 heterocycles. The summed E-state index contributed by atoms with van der Waals surface area (Å²) in [5.74, 6) is -0.100. The Balaban J connectivity index is 2.22. The Bertz CT molecular complexity index is 1350. The summed E-state index contributed by atoms with van der Waals surface area (Å²) in [6.07, 6.45) is -1.46. The fraction of sp³-hybridized carbons (Fsp3) is 0.323. The Hall–Kier alpha value is -3.56. The van der Waals surface area contributed by atoms with Gasteiger partial charge in [0.05, 0.1) is 5.69 Å². The van der Waals surface area contributed by atoms with Crippen LogP contribution in [0.25, 0.3) is 0 Å². The molecular formula is C31H34ClF4N3O2. The highest BCUT2D eigenvalue weighted by Crippen LogP contribution is 2.41. The molecule has 10 heteroatoms. The number of nitrogens with zero attached hydrogens (tertiary/aromatic N) is 2. The molecule has 0 spiro atoms. The Labute approximate surface area is 243 Å². The minimum Gasteiger partial charge on any atom is -0.433 e. The Morgan fingerprint density at radius 3 is 1.95 bits per heavy atom. The van der Waals surface area contributed by atoms with Crippen molar-refractivity contribution in [2.75, 3.05) is 6.54 Å². The van der Waals surface area contributed by atoms with Gasteiger partial charge in [-0.2, -0.15) is 22.7 Å². The molecule has 0 aliphatic carbocycles. The van der Waals surface area contributed by atoms with Crippen LogP contribution in [0.3, 0.4) is 0 Å². The molecule has 2 aromatic carbocycles. The third kappa shape index (κ3) is 8.47. The number of aryl methyl sites for hydroxylation is 2. The number of aromatic nitrogens is 2. The monoisotopic (exact) mass is 591 g/mol. The second-order valence-electron chi connectivity index (χ2n) is 9.90. The summed E-state index contributed by atoms with van der Waals surface area (Å²) >= 11 is 6.46. The molecule has 0 atom stereocenters. The molecule has 0 bridgehead atoms. The van der Waals surface area contributed by atoms with Crippen LogP contribution in [0, 0.1) is 6.92 Å². The number of benzene rings is 2. The van der Waals surface area contributed by atoms with Crippen molar-refractivity contribution in [2.45, 2.75) is 51.4 Å². The molecule has 3 aromatic rings. The van der Waals surface area contributed by atoms with Crippen LogP contribution in [0.15, 0.2) is 85.5 Å². The highest BCUT2D eigenvalue weighted by molar-refractivity contribution is 6.30. The zero-order valence-electron chi connectivity index (χ0n) is 23.5. The van der Waals surface area contributed by atoms with Crippen molar-refractivity contribution in [3.63, 3.8) is 0 Å². The van der Waals surface area contributed by atoms with Gasteiger partial charge in [0.2, 0.25) is 0 Å². The van der Waals surface area contributed by atoms with Crippen LogP contribution in [0.2, 0.25) is 5.15 Å². The molecule has 0 fully saturated rings. The van der Waals surface area contributed by atoms with E-state index in [0.717, 1.165) is 16.8 Å². The van der Waals surface area contributed by atoms with Crippen LogP contribution in [0.5, 0.6) is 11.5 Å². The van der Waals surface area contributed by atoms with E-state index < -0.39 is 17.6 Å². The van der Waals surface area contributed by atoms with E-state index in [1.165, 1.54) is 24.3 Å². The number of hydrogen-bond acceptors (Lipinski definition) is 4. The number of ether oxygens (including phenoxy) is 2. The van der Waals surface area contributed by atoms with E-state index >= 15 is 0 Å². The summed E-state index contributed by atoms with van der Waals surface area (Å²) in [5.41, 5.74) is 2.50. The van der Waals surface area contributed by atoms with Crippen molar-refractivity contribution in [1.29, 1.82) is 0 Å². The number of rotatable bonds is 14. The van der Waals surface area contributed by atoms with Crippen molar-refractivity contribution >= 4 is 11.6 Å². The van der Waals surface area contributed by atoms with Gasteiger partial charge in [0.15, 0.2) is 0 Å². The maximum Gasteiger partial charge on any atom is 0.394 e. The molecule has 0 aliphatic rings. The number of hydrogen-bond donors (Lipinski definition) is 1. The first-order chi connectivity index (χ1) is 19.2. The summed E-state index contributed by atoms with van der Waals surface area (Å²) in [6, 6.07) is 12.7. The lowest BCUT2D eigenvalue weighted by atomic mass is 9.70. The van der Waals surface area contributed by atoms with Gasteiger partial charge in [-0.3, -0.25) is 4.68 Å². The van der Waals surface area contributed by atoms with Crippen molar-refractivity contribution in [3.05, 3.63) is 113 Å². The van der Waals surface area contributed by atoms with E-state index in [9.17, 15) is 17.6 Å². The summed E-state index contributed by atoms with van der Waals surface area (Å²) in [6.45, 7) is 11.4. The summed E-state index contributed by atoms with van der Waals surface area (Å²) in [5, 5.41) is 8.27. The van der Waals surface area contributed by atoms with Crippen LogP contribution < -0.4 is 14.8 Å². The molecule has 41 heavy (non-hydrogen) atoms. The van der Waals surface area contributed by atoms with Gasteiger partial charge in [0.25, 0.3) is 0 Å². The van der Waals surface area contributed by atoms with Gasteiger partial charge < -0.3 is 14.8 Å². The van der Waals surface area contributed by atoms with Crippen LogP contribution in [-0.2, 0) is 19.0 Å². The van der Waals surface area contributed by atoms with Gasteiger partial charge in [-0.25, -0.2) is 0 Å². The van der Waals surface area contributed by atoms with Gasteiger partial charge in [-0.1, -0.05) is 67.3 Å². The summed E-state index contributed by atoms with van der Waals surface area (Å²) in [4.78, 5) is 0. The lowest BCUT2D eigenvalue weighted by Gasteiger charge is -2.37. The minimum absolute atomic E-state index is 0.0501. The van der Waals surface area contributed by atoms with Gasteiger partial charge in [-0.15, -0.1) is 0 Å². The normalized spacial score (nSPS) is 12.8. The summed E-state index contributed by atoms with van der Waals surface area (Å²) in [7, 11) is 1.74. The first-order valence-electron chi connectivity index (χ1n) is 12.8. The van der Waals surface area contributed by atoms with E-state index in [0.29, 0.717) is 43.1 Å². The standard InChI is InChI=1S/C31H34ClF4N3O2/c1-7-11-22(8-2)18-31(20-37-19-27-21(3)38-39(6)28(27)32,23-12-9-14-25(16-23)40-29(4,33)34)24-13-10-15-26(17-24)41-30(5,35)36/h7-17,37H,1-2,18-20H2,3-6H3/b22-11+. The smallest absolute Gasteiger partial charge is 0.394 e. The molecule has 3 rings (SSSR count). The predicted molar refractivity (Wildman–Crippen MR) is 154 cm³/mol. The van der Waals surface area contributed by atoms with E-state index in [1.807, 2.05) is 6.92 Å². The molecular weight excluding hydrogens is 558 g/mol. The molecule has 1 aromatic heterocycles. The van der Waals surface area contributed by atoms with Gasteiger partial charge in [-0.05, 0) is 54.3 Å². The Morgan fingerprint density at radius 1 is 1.00 bits per heavy atom. The molecule has 0 radical (unpaired) electrons. The lowest BCUT2D eigenvalue weighted by molar-refractivity contribution is -0.159. The second-order valence-corrected chi connectivity index (χ2v) is 10.3. The van der Waals surface area contributed by atoms with Crippen LogP contribution in [-0.4, -0.2) is 28.5 Å². The minimum atomic E-state index is -3.41. The molecule has 0 aliphatic heterocycles. The van der Waals surface area contributed by atoms with E-state index in [-0.39, 0.29) is 18.0 Å². The average molecular weight is 592 g/mol. The second kappa shape index (κ2) is 13.0. The van der Waals surface area contributed by atoms with Gasteiger partial charge in [0, 0.05) is 45.0 Å². The Morgan fingerprint density at radius 2 is 1.54 bits per heavy atom. The van der Waals surface area contributed by atoms with Crippen molar-refractivity contribution in [2.24, 2.45) is 7.05 Å². The van der Waals surface area contributed by atoms with E-state index in [1.54, 1.807) is 54.2 Å². The first kappa shape index (κ1) is 32.0. The number of allylic oxidation sites excluding steroid dienone is 4. The Kier molecular flexibility index (Phi) is 10.1. The maximum atomic E-state index is 13.8. The van der Waals surface area contributed by atoms with E-state index in [4.69, 9.17) is 21.1 Å². The third-order valence-electron chi connectivity index (χ3n) is 6.47. The maximum absolute atomic E-state index is 13.8. The van der Waals surface area contributed by atoms with Crippen LogP contribution in [0.1, 0.15) is 42.7 Å². The number of halogens is 5. The fourth-order valence-electron chi connectivity index (χ4n) is 4.74. The molecule has 220 valence electrons. The zero-order chi connectivity index (χ0) is 30.4. The SMILES string of the molecule is C=C/C=C(\C=C)CC(CNCc1c(C)nn(C)c1Cl)(c1cccc(OC(C)(F)F)c1)c1cccc(OC(C)(F)F)c1. The van der Waals surface area contributed by atoms with Crippen LogP contribution >= 0.6 is 11.6 Å². The van der Waals surface area contributed by atoms with Crippen molar-refractivity contribution in [3.8, 4) is 11.5 Å². The molecule has 1 N–H and O–H groups in total. The van der Waals surface area contributed by atoms with Gasteiger partial charge >= 0.3 is 12.2 Å². The molecule has 0 saturated carbocycles. The molecule has 0 amide bonds. The highest BCUT2D eigenvalue weighted by Gasteiger charge is 2.37. The summed E-state index contributed by atoms with van der Waals surface area (Å²) < 4.78 is 66.7. The van der Waals surface area contributed by atoms with Gasteiger partial charge in [0.1, 0.15) is 16.7 Å². The first-order valence-corrected chi connectivity index (χ1v) is 13.2. The van der Waals surface area contributed by atoms with Crippen LogP contribution in [0.4, 0.5) is 17.6 Å². The number of alkyl halides is 4. The fourth-order valence-corrected chi connectivity index (χ4v) is 4.98. The molecule has 0 unspecified atom stereocenters. The molecule has 0 saturated heterocycles. The third-order valence-corrected chi connectivity index (χ3v) is 6.94. The van der Waals surface area contributed by atoms with Crippen molar-refractivity contribution in [1.82, 2.24) is 15.1 Å².